The Morgan fingerprint density at radius 1 is 1.19 bits per heavy atom. The normalized spacial score (nSPS) is 17.4. The van der Waals surface area contributed by atoms with Gasteiger partial charge < -0.3 is 20.1 Å². The number of aliphatic imine (C=N–C) groups is 1. The first-order valence-electron chi connectivity index (χ1n) is 12.0. The molecule has 170 valence electrons. The molecule has 1 fully saturated rings. The second-order valence-electron chi connectivity index (χ2n) is 8.50. The molecule has 0 bridgehead atoms. The Kier molecular flexibility index (Phi) is 9.40. The summed E-state index contributed by atoms with van der Waals surface area (Å²) in [7, 11) is 0. The fourth-order valence-electron chi connectivity index (χ4n) is 4.26. The number of nitrogens with zero attached hydrogens (tertiary/aromatic N) is 3. The quantitative estimate of drug-likeness (QED) is 0.417. The molecule has 1 aliphatic rings. The number of aromatic nitrogens is 1. The number of likely N-dealkylation sites (tertiary alicyclic amines) is 1. The van der Waals surface area contributed by atoms with Crippen LogP contribution in [-0.4, -0.2) is 48.7 Å². The monoisotopic (exact) mass is 425 g/mol. The Bertz CT molecular complexity index is 784. The third-order valence-electron chi connectivity index (χ3n) is 6.21. The van der Waals surface area contributed by atoms with E-state index in [1.807, 2.05) is 0 Å². The van der Waals surface area contributed by atoms with Gasteiger partial charge in [-0.2, -0.15) is 0 Å². The highest BCUT2D eigenvalue weighted by atomic mass is 16.5. The van der Waals surface area contributed by atoms with Crippen LogP contribution in [0.4, 0.5) is 0 Å². The minimum Gasteiger partial charge on any atom is -0.359 e. The van der Waals surface area contributed by atoms with Crippen molar-refractivity contribution in [1.29, 1.82) is 0 Å². The minimum atomic E-state index is 0.472. The van der Waals surface area contributed by atoms with Gasteiger partial charge in [0, 0.05) is 38.2 Å². The fraction of sp³-hybridized carbons (Fsp3) is 0.600. The Morgan fingerprint density at radius 2 is 2.00 bits per heavy atom. The molecule has 0 spiro atoms. The summed E-state index contributed by atoms with van der Waals surface area (Å²) in [5.41, 5.74) is 2.47. The molecule has 0 aliphatic carbocycles. The second-order valence-corrected chi connectivity index (χ2v) is 8.50. The van der Waals surface area contributed by atoms with Gasteiger partial charge in [-0.1, -0.05) is 49.3 Å². The molecule has 6 nitrogen and oxygen atoms in total. The van der Waals surface area contributed by atoms with Crippen LogP contribution >= 0.6 is 0 Å². The van der Waals surface area contributed by atoms with Crippen LogP contribution in [0.3, 0.4) is 0 Å². The molecule has 1 unspecified atom stereocenters. The molecule has 0 saturated carbocycles. The smallest absolute Gasteiger partial charge is 0.191 e. The first-order chi connectivity index (χ1) is 15.2. The zero-order chi connectivity index (χ0) is 21.9. The van der Waals surface area contributed by atoms with Crippen molar-refractivity contribution in [2.45, 2.75) is 58.9 Å². The maximum atomic E-state index is 5.51. The second kappa shape index (κ2) is 12.5. The predicted octanol–water partition coefficient (Wildman–Crippen LogP) is 4.20. The Labute approximate surface area is 187 Å². The maximum absolute atomic E-state index is 5.51. The van der Waals surface area contributed by atoms with Crippen molar-refractivity contribution < 1.29 is 4.52 Å². The highest BCUT2D eigenvalue weighted by Crippen LogP contribution is 2.22. The van der Waals surface area contributed by atoms with Crippen molar-refractivity contribution in [3.63, 3.8) is 0 Å². The Hall–Kier alpha value is -2.34. The van der Waals surface area contributed by atoms with Gasteiger partial charge in [0.05, 0.1) is 5.69 Å². The molecule has 1 aromatic carbocycles. The molecular formula is C25H39N5O. The van der Waals surface area contributed by atoms with Gasteiger partial charge in [-0.3, -0.25) is 0 Å². The standard InChI is InChI=1S/C25H39N5O/c1-4-22(5-2)24-16-23(31-29-24)18-28-25(26-6-3)27-17-21-13-15-30(19-21)14-12-20-10-8-7-9-11-20/h7-11,16,21-22H,4-6,12-15,17-19H2,1-3H3,(H2,26,27,28). The fourth-order valence-corrected chi connectivity index (χ4v) is 4.26. The maximum Gasteiger partial charge on any atom is 0.191 e. The third kappa shape index (κ3) is 7.39. The lowest BCUT2D eigenvalue weighted by Crippen LogP contribution is -2.40. The van der Waals surface area contributed by atoms with E-state index in [9.17, 15) is 0 Å². The molecular weight excluding hydrogens is 386 g/mol. The van der Waals surface area contributed by atoms with Crippen LogP contribution in [0.1, 0.15) is 63.0 Å². The molecule has 1 saturated heterocycles. The SMILES string of the molecule is CCNC(=NCc1cc(C(CC)CC)no1)NCC1CCN(CCc2ccccc2)C1. The van der Waals surface area contributed by atoms with Crippen molar-refractivity contribution in [2.24, 2.45) is 10.9 Å². The van der Waals surface area contributed by atoms with E-state index in [-0.39, 0.29) is 0 Å². The van der Waals surface area contributed by atoms with Crippen molar-refractivity contribution in [2.75, 3.05) is 32.7 Å². The van der Waals surface area contributed by atoms with Crippen molar-refractivity contribution in [3.05, 3.63) is 53.4 Å². The van der Waals surface area contributed by atoms with E-state index in [1.165, 1.54) is 18.5 Å². The van der Waals surface area contributed by atoms with Crippen LogP contribution in [0.2, 0.25) is 0 Å². The molecule has 2 heterocycles. The average Bonchev–Trinajstić information content (AvgIpc) is 3.46. The van der Waals surface area contributed by atoms with Gasteiger partial charge >= 0.3 is 0 Å². The van der Waals surface area contributed by atoms with Crippen molar-refractivity contribution >= 4 is 5.96 Å². The number of hydrogen-bond acceptors (Lipinski definition) is 4. The third-order valence-corrected chi connectivity index (χ3v) is 6.21. The summed E-state index contributed by atoms with van der Waals surface area (Å²) in [5, 5.41) is 11.1. The molecule has 6 heteroatoms. The summed E-state index contributed by atoms with van der Waals surface area (Å²) >= 11 is 0. The van der Waals surface area contributed by atoms with E-state index < -0.39 is 0 Å². The van der Waals surface area contributed by atoms with Gasteiger partial charge in [0.2, 0.25) is 0 Å². The van der Waals surface area contributed by atoms with Crippen LogP contribution in [0, 0.1) is 5.92 Å². The van der Waals surface area contributed by atoms with Gasteiger partial charge in [0.25, 0.3) is 0 Å². The molecule has 2 N–H and O–H groups in total. The molecule has 31 heavy (non-hydrogen) atoms. The van der Waals surface area contributed by atoms with Gasteiger partial charge in [-0.15, -0.1) is 0 Å². The molecule has 3 rings (SSSR count). The molecule has 1 atom stereocenters. The van der Waals surface area contributed by atoms with E-state index in [4.69, 9.17) is 9.52 Å². The summed E-state index contributed by atoms with van der Waals surface area (Å²) in [6.45, 7) is 12.3. The van der Waals surface area contributed by atoms with Crippen molar-refractivity contribution in [3.8, 4) is 0 Å². The lowest BCUT2D eigenvalue weighted by Gasteiger charge is -2.17. The van der Waals surface area contributed by atoms with E-state index in [1.54, 1.807) is 0 Å². The summed E-state index contributed by atoms with van der Waals surface area (Å²) in [6.07, 6.45) is 4.53. The largest absolute Gasteiger partial charge is 0.359 e. The van der Waals surface area contributed by atoms with E-state index in [0.29, 0.717) is 18.4 Å². The number of nitrogens with one attached hydrogen (secondary N) is 2. The predicted molar refractivity (Wildman–Crippen MR) is 127 cm³/mol. The number of rotatable bonds is 11. The molecule has 1 aliphatic heterocycles. The number of guanidine groups is 1. The average molecular weight is 426 g/mol. The summed E-state index contributed by atoms with van der Waals surface area (Å²) in [5.74, 6) is 2.81. The first-order valence-corrected chi connectivity index (χ1v) is 12.0. The van der Waals surface area contributed by atoms with E-state index in [0.717, 1.165) is 62.9 Å². The summed E-state index contributed by atoms with van der Waals surface area (Å²) in [6, 6.07) is 12.8. The Morgan fingerprint density at radius 3 is 2.74 bits per heavy atom. The van der Waals surface area contributed by atoms with Crippen LogP contribution in [0.5, 0.6) is 0 Å². The zero-order valence-corrected chi connectivity index (χ0v) is 19.4. The highest BCUT2D eigenvalue weighted by molar-refractivity contribution is 5.79. The Balaban J connectivity index is 1.43. The molecule has 0 amide bonds. The van der Waals surface area contributed by atoms with Gasteiger partial charge in [-0.25, -0.2) is 4.99 Å². The van der Waals surface area contributed by atoms with Crippen LogP contribution in [0.25, 0.3) is 0 Å². The lowest BCUT2D eigenvalue weighted by molar-refractivity contribution is 0.328. The zero-order valence-electron chi connectivity index (χ0n) is 19.4. The van der Waals surface area contributed by atoms with Crippen LogP contribution in [-0.2, 0) is 13.0 Å². The van der Waals surface area contributed by atoms with Crippen LogP contribution < -0.4 is 10.6 Å². The van der Waals surface area contributed by atoms with Gasteiger partial charge in [0.15, 0.2) is 11.7 Å². The van der Waals surface area contributed by atoms with Crippen LogP contribution in [0.15, 0.2) is 45.9 Å². The lowest BCUT2D eigenvalue weighted by atomic mass is 9.99. The summed E-state index contributed by atoms with van der Waals surface area (Å²) < 4.78 is 5.51. The summed E-state index contributed by atoms with van der Waals surface area (Å²) in [4.78, 5) is 7.29. The first kappa shape index (κ1) is 23.3. The topological polar surface area (TPSA) is 65.7 Å². The van der Waals surface area contributed by atoms with Crippen molar-refractivity contribution in [1.82, 2.24) is 20.7 Å². The molecule has 1 aromatic heterocycles. The molecule has 0 radical (unpaired) electrons. The van der Waals surface area contributed by atoms with E-state index >= 15 is 0 Å². The minimum absolute atomic E-state index is 0.472. The van der Waals surface area contributed by atoms with Gasteiger partial charge in [-0.05, 0) is 50.6 Å². The number of benzene rings is 1. The number of hydrogen-bond donors (Lipinski definition) is 2. The van der Waals surface area contributed by atoms with E-state index in [2.05, 4.69) is 77.9 Å². The molecule has 2 aromatic rings. The van der Waals surface area contributed by atoms with Gasteiger partial charge in [0.1, 0.15) is 6.54 Å². The highest BCUT2D eigenvalue weighted by Gasteiger charge is 2.22.